The number of aromatic nitrogens is 1. The van der Waals surface area contributed by atoms with Crippen molar-refractivity contribution in [3.8, 4) is 17.0 Å². The molecule has 1 N–H and O–H groups in total. The lowest BCUT2D eigenvalue weighted by Gasteiger charge is -2.07. The van der Waals surface area contributed by atoms with Crippen molar-refractivity contribution < 1.29 is 9.53 Å². The largest absolute Gasteiger partial charge is 0.493 e. The molecule has 2 aromatic carbocycles. The van der Waals surface area contributed by atoms with E-state index >= 15 is 0 Å². The Morgan fingerprint density at radius 1 is 1.17 bits per heavy atom. The van der Waals surface area contributed by atoms with Crippen LogP contribution in [-0.4, -0.2) is 17.5 Å². The van der Waals surface area contributed by atoms with Gasteiger partial charge in [-0.15, -0.1) is 11.3 Å². The van der Waals surface area contributed by atoms with Crippen molar-refractivity contribution in [3.05, 3.63) is 65.0 Å². The third-order valence-corrected chi connectivity index (χ3v) is 4.26. The summed E-state index contributed by atoms with van der Waals surface area (Å²) in [5.74, 6) is 0.635. The summed E-state index contributed by atoms with van der Waals surface area (Å²) < 4.78 is 5.64. The fraction of sp³-hybridized carbons (Fsp3) is 0.158. The number of ether oxygens (including phenoxy) is 1. The number of aryl methyl sites for hydroxylation is 1. The average Bonchev–Trinajstić information content (AvgIpc) is 3.04. The van der Waals surface area contributed by atoms with Crippen LogP contribution in [0.3, 0.4) is 0 Å². The number of rotatable bonds is 5. The number of nitrogens with one attached hydrogen (secondary N) is 1. The highest BCUT2D eigenvalue weighted by atomic mass is 32.1. The first-order valence-corrected chi connectivity index (χ1v) is 8.61. The Morgan fingerprint density at radius 3 is 2.67 bits per heavy atom. The SMILES string of the molecule is CCOc1ccccc1-c1csc(NC(=O)c2ccc(C)cc2)n1. The van der Waals surface area contributed by atoms with Gasteiger partial charge < -0.3 is 4.74 Å². The highest BCUT2D eigenvalue weighted by Crippen LogP contribution is 2.32. The molecular weight excluding hydrogens is 320 g/mol. The standard InChI is InChI=1S/C19H18N2O2S/c1-3-23-17-7-5-4-6-15(17)16-12-24-19(20-16)21-18(22)14-10-8-13(2)9-11-14/h4-12H,3H2,1-2H3,(H,20,21,22). The average molecular weight is 338 g/mol. The highest BCUT2D eigenvalue weighted by molar-refractivity contribution is 7.14. The molecule has 0 saturated carbocycles. The maximum atomic E-state index is 12.3. The fourth-order valence-corrected chi connectivity index (χ4v) is 2.99. The lowest BCUT2D eigenvalue weighted by Crippen LogP contribution is -2.11. The smallest absolute Gasteiger partial charge is 0.257 e. The quantitative estimate of drug-likeness (QED) is 0.729. The Labute approximate surface area is 145 Å². The van der Waals surface area contributed by atoms with Gasteiger partial charge >= 0.3 is 0 Å². The number of anilines is 1. The van der Waals surface area contributed by atoms with E-state index in [0.29, 0.717) is 17.3 Å². The number of amides is 1. The maximum Gasteiger partial charge on any atom is 0.257 e. The molecule has 1 heterocycles. The molecule has 3 rings (SSSR count). The van der Waals surface area contributed by atoms with Crippen LogP contribution < -0.4 is 10.1 Å². The third kappa shape index (κ3) is 3.63. The number of thiazole rings is 1. The molecule has 0 aliphatic carbocycles. The number of benzene rings is 2. The van der Waals surface area contributed by atoms with Crippen molar-refractivity contribution in [3.63, 3.8) is 0 Å². The third-order valence-electron chi connectivity index (χ3n) is 3.50. The predicted molar refractivity (Wildman–Crippen MR) is 97.9 cm³/mol. The molecule has 1 aromatic heterocycles. The Balaban J connectivity index is 1.79. The summed E-state index contributed by atoms with van der Waals surface area (Å²) in [6.07, 6.45) is 0. The van der Waals surface area contributed by atoms with E-state index in [1.807, 2.05) is 67.8 Å². The van der Waals surface area contributed by atoms with Gasteiger partial charge in [0.05, 0.1) is 12.3 Å². The molecule has 0 atom stereocenters. The monoisotopic (exact) mass is 338 g/mol. The molecule has 5 heteroatoms. The zero-order chi connectivity index (χ0) is 16.9. The molecule has 0 unspecified atom stereocenters. The van der Waals surface area contributed by atoms with Gasteiger partial charge in [-0.1, -0.05) is 29.8 Å². The molecule has 0 fully saturated rings. The minimum absolute atomic E-state index is 0.158. The van der Waals surface area contributed by atoms with Crippen molar-refractivity contribution in [2.24, 2.45) is 0 Å². The van der Waals surface area contributed by atoms with Crippen molar-refractivity contribution in [1.29, 1.82) is 0 Å². The molecule has 3 aromatic rings. The van der Waals surface area contributed by atoms with E-state index in [4.69, 9.17) is 4.74 Å². The minimum atomic E-state index is -0.158. The Hall–Kier alpha value is -2.66. The van der Waals surface area contributed by atoms with Crippen molar-refractivity contribution in [1.82, 2.24) is 4.98 Å². The van der Waals surface area contributed by atoms with Crippen molar-refractivity contribution in [2.45, 2.75) is 13.8 Å². The molecule has 0 bridgehead atoms. The van der Waals surface area contributed by atoms with E-state index in [2.05, 4.69) is 10.3 Å². The van der Waals surface area contributed by atoms with Crippen LogP contribution >= 0.6 is 11.3 Å². The summed E-state index contributed by atoms with van der Waals surface area (Å²) in [4.78, 5) is 16.8. The summed E-state index contributed by atoms with van der Waals surface area (Å²) >= 11 is 1.40. The second kappa shape index (κ2) is 7.27. The summed E-state index contributed by atoms with van der Waals surface area (Å²) in [7, 11) is 0. The van der Waals surface area contributed by atoms with Gasteiger partial charge in [-0.25, -0.2) is 4.98 Å². The number of carbonyl (C=O) groups excluding carboxylic acids is 1. The molecule has 24 heavy (non-hydrogen) atoms. The van der Waals surface area contributed by atoms with Crippen LogP contribution in [0.1, 0.15) is 22.8 Å². The van der Waals surface area contributed by atoms with Gasteiger partial charge in [0.25, 0.3) is 5.91 Å². The zero-order valence-electron chi connectivity index (χ0n) is 13.6. The van der Waals surface area contributed by atoms with Crippen LogP contribution in [0.2, 0.25) is 0 Å². The number of para-hydroxylation sites is 1. The van der Waals surface area contributed by atoms with Crippen molar-refractivity contribution in [2.75, 3.05) is 11.9 Å². The normalized spacial score (nSPS) is 10.4. The van der Waals surface area contributed by atoms with E-state index in [1.54, 1.807) is 0 Å². The van der Waals surface area contributed by atoms with Crippen molar-refractivity contribution >= 4 is 22.4 Å². The Kier molecular flexibility index (Phi) is 4.91. The van der Waals surface area contributed by atoms with Gasteiger partial charge in [-0.2, -0.15) is 0 Å². The number of hydrogen-bond donors (Lipinski definition) is 1. The zero-order valence-corrected chi connectivity index (χ0v) is 14.4. The molecule has 0 spiro atoms. The second-order valence-corrected chi connectivity index (χ2v) is 6.15. The highest BCUT2D eigenvalue weighted by Gasteiger charge is 2.12. The van der Waals surface area contributed by atoms with E-state index in [0.717, 1.165) is 22.6 Å². The molecule has 0 saturated heterocycles. The van der Waals surface area contributed by atoms with E-state index in [-0.39, 0.29) is 5.91 Å². The summed E-state index contributed by atoms with van der Waals surface area (Å²) in [6, 6.07) is 15.2. The fourth-order valence-electron chi connectivity index (χ4n) is 2.29. The summed E-state index contributed by atoms with van der Waals surface area (Å²) in [6.45, 7) is 4.54. The summed E-state index contributed by atoms with van der Waals surface area (Å²) in [5, 5.41) is 5.34. The van der Waals surface area contributed by atoms with Gasteiger partial charge in [-0.05, 0) is 38.1 Å². The topological polar surface area (TPSA) is 51.2 Å². The Morgan fingerprint density at radius 2 is 1.92 bits per heavy atom. The van der Waals surface area contributed by atoms with Crippen LogP contribution in [0.4, 0.5) is 5.13 Å². The molecule has 122 valence electrons. The maximum absolute atomic E-state index is 12.3. The second-order valence-electron chi connectivity index (χ2n) is 5.29. The lowest BCUT2D eigenvalue weighted by atomic mass is 10.1. The van der Waals surface area contributed by atoms with E-state index in [1.165, 1.54) is 11.3 Å². The number of nitrogens with zero attached hydrogens (tertiary/aromatic N) is 1. The summed E-state index contributed by atoms with van der Waals surface area (Å²) in [5.41, 5.74) is 3.46. The van der Waals surface area contributed by atoms with Crippen LogP contribution in [0.25, 0.3) is 11.3 Å². The van der Waals surface area contributed by atoms with Gasteiger partial charge in [0, 0.05) is 16.5 Å². The van der Waals surface area contributed by atoms with Gasteiger partial charge in [0.1, 0.15) is 5.75 Å². The molecule has 4 nitrogen and oxygen atoms in total. The minimum Gasteiger partial charge on any atom is -0.493 e. The van der Waals surface area contributed by atoms with Gasteiger partial charge in [0.2, 0.25) is 0 Å². The van der Waals surface area contributed by atoms with Gasteiger partial charge in [0.15, 0.2) is 5.13 Å². The first-order valence-electron chi connectivity index (χ1n) is 7.73. The van der Waals surface area contributed by atoms with Crippen LogP contribution in [0.5, 0.6) is 5.75 Å². The van der Waals surface area contributed by atoms with E-state index in [9.17, 15) is 4.79 Å². The molecule has 0 radical (unpaired) electrons. The Bertz CT molecular complexity index is 841. The molecular formula is C19H18N2O2S. The molecule has 1 amide bonds. The van der Waals surface area contributed by atoms with Crippen LogP contribution in [-0.2, 0) is 0 Å². The van der Waals surface area contributed by atoms with Crippen LogP contribution in [0.15, 0.2) is 53.9 Å². The predicted octanol–water partition coefficient (Wildman–Crippen LogP) is 4.77. The van der Waals surface area contributed by atoms with Gasteiger partial charge in [-0.3, -0.25) is 10.1 Å². The number of carbonyl (C=O) groups is 1. The molecule has 0 aliphatic heterocycles. The molecule has 0 aliphatic rings. The van der Waals surface area contributed by atoms with Crippen LogP contribution in [0, 0.1) is 6.92 Å². The number of hydrogen-bond acceptors (Lipinski definition) is 4. The first kappa shape index (κ1) is 16.2. The first-order chi connectivity index (χ1) is 11.7. The van der Waals surface area contributed by atoms with E-state index < -0.39 is 0 Å². The lowest BCUT2D eigenvalue weighted by molar-refractivity contribution is 0.102.